The minimum atomic E-state index is -0.0444. The largest absolute Gasteiger partial charge is 0.497 e. The van der Waals surface area contributed by atoms with Crippen molar-refractivity contribution in [3.05, 3.63) is 72.1 Å². The summed E-state index contributed by atoms with van der Waals surface area (Å²) in [6.45, 7) is 2.90. The Morgan fingerprint density at radius 2 is 1.70 bits per heavy atom. The Kier molecular flexibility index (Phi) is 5.76. The first kappa shape index (κ1) is 18.5. The van der Waals surface area contributed by atoms with Gasteiger partial charge in [0, 0.05) is 24.5 Å². The van der Waals surface area contributed by atoms with Crippen LogP contribution in [-0.4, -0.2) is 47.9 Å². The number of carbonyl (C=O) groups excluding carboxylic acids is 1. The predicted octanol–water partition coefficient (Wildman–Crippen LogP) is 3.34. The van der Waals surface area contributed by atoms with Gasteiger partial charge in [0.15, 0.2) is 0 Å². The average molecular weight is 365 g/mol. The van der Waals surface area contributed by atoms with E-state index >= 15 is 0 Å². The molecule has 0 saturated carbocycles. The summed E-state index contributed by atoms with van der Waals surface area (Å²) in [5, 5.41) is 4.27. The molecule has 0 aliphatic rings. The summed E-state index contributed by atoms with van der Waals surface area (Å²) < 4.78 is 12.6. The Morgan fingerprint density at radius 1 is 1.04 bits per heavy atom. The number of benzene rings is 2. The normalized spacial score (nSPS) is 10.5. The smallest absolute Gasteiger partial charge is 0.253 e. The summed E-state index contributed by atoms with van der Waals surface area (Å²) in [5.74, 6) is 1.48. The molecule has 0 N–H and O–H groups in total. The van der Waals surface area contributed by atoms with E-state index in [2.05, 4.69) is 5.10 Å². The number of hydrogen-bond acceptors (Lipinski definition) is 4. The van der Waals surface area contributed by atoms with Gasteiger partial charge in [0.1, 0.15) is 18.1 Å². The molecule has 3 aromatic rings. The molecule has 2 aromatic carbocycles. The monoisotopic (exact) mass is 365 g/mol. The van der Waals surface area contributed by atoms with Gasteiger partial charge in [0.25, 0.3) is 5.91 Å². The maximum atomic E-state index is 12.6. The molecule has 1 amide bonds. The predicted molar refractivity (Wildman–Crippen MR) is 104 cm³/mol. The lowest BCUT2D eigenvalue weighted by Crippen LogP contribution is -2.30. The number of methoxy groups -OCH3 is 1. The molecular formula is C21H23N3O3. The van der Waals surface area contributed by atoms with Crippen LogP contribution in [0.25, 0.3) is 5.69 Å². The number of carbonyl (C=O) groups is 1. The lowest BCUT2D eigenvalue weighted by Gasteiger charge is -2.18. The van der Waals surface area contributed by atoms with Crippen molar-refractivity contribution >= 4 is 5.91 Å². The van der Waals surface area contributed by atoms with Gasteiger partial charge in [-0.25, -0.2) is 4.68 Å². The minimum Gasteiger partial charge on any atom is -0.497 e. The van der Waals surface area contributed by atoms with Gasteiger partial charge < -0.3 is 14.4 Å². The van der Waals surface area contributed by atoms with Crippen molar-refractivity contribution in [1.82, 2.24) is 14.7 Å². The number of aromatic nitrogens is 2. The van der Waals surface area contributed by atoms with Crippen LogP contribution in [-0.2, 0) is 0 Å². The van der Waals surface area contributed by atoms with Crippen LogP contribution >= 0.6 is 0 Å². The standard InChI is InChI=1S/C21H23N3O3/c1-16-12-13-22-24(16)18-6-4-17(5-7-18)21(25)23(2)14-15-27-20-10-8-19(26-3)9-11-20/h4-13H,14-15H2,1-3H3. The summed E-state index contributed by atoms with van der Waals surface area (Å²) in [6, 6.07) is 16.7. The molecule has 1 aromatic heterocycles. The van der Waals surface area contributed by atoms with Crippen LogP contribution in [0.1, 0.15) is 16.1 Å². The second-order valence-corrected chi connectivity index (χ2v) is 6.18. The van der Waals surface area contributed by atoms with E-state index in [-0.39, 0.29) is 5.91 Å². The summed E-state index contributed by atoms with van der Waals surface area (Å²) in [7, 11) is 3.39. The molecule has 1 heterocycles. The molecule has 6 heteroatoms. The number of rotatable bonds is 7. The van der Waals surface area contributed by atoms with Crippen LogP contribution in [0.2, 0.25) is 0 Å². The van der Waals surface area contributed by atoms with Crippen molar-refractivity contribution in [2.45, 2.75) is 6.92 Å². The number of hydrogen-bond donors (Lipinski definition) is 0. The fourth-order valence-corrected chi connectivity index (χ4v) is 2.68. The van der Waals surface area contributed by atoms with Crippen LogP contribution in [0.5, 0.6) is 11.5 Å². The number of aryl methyl sites for hydroxylation is 1. The molecule has 27 heavy (non-hydrogen) atoms. The van der Waals surface area contributed by atoms with Gasteiger partial charge in [0.2, 0.25) is 0 Å². The lowest BCUT2D eigenvalue weighted by molar-refractivity contribution is 0.0774. The van der Waals surface area contributed by atoms with Gasteiger partial charge in [0.05, 0.1) is 19.3 Å². The molecule has 0 unspecified atom stereocenters. The third-order valence-electron chi connectivity index (χ3n) is 4.29. The van der Waals surface area contributed by atoms with Crippen molar-refractivity contribution in [3.8, 4) is 17.2 Å². The fourth-order valence-electron chi connectivity index (χ4n) is 2.68. The van der Waals surface area contributed by atoms with Crippen molar-refractivity contribution in [2.75, 3.05) is 27.3 Å². The first-order chi connectivity index (χ1) is 13.1. The van der Waals surface area contributed by atoms with Crippen molar-refractivity contribution < 1.29 is 14.3 Å². The van der Waals surface area contributed by atoms with Crippen molar-refractivity contribution in [3.63, 3.8) is 0 Å². The quantitative estimate of drug-likeness (QED) is 0.644. The highest BCUT2D eigenvalue weighted by atomic mass is 16.5. The molecule has 3 rings (SSSR count). The first-order valence-electron chi connectivity index (χ1n) is 8.72. The first-order valence-corrected chi connectivity index (χ1v) is 8.72. The molecule has 6 nitrogen and oxygen atoms in total. The minimum absolute atomic E-state index is 0.0444. The van der Waals surface area contributed by atoms with Crippen molar-refractivity contribution in [1.29, 1.82) is 0 Å². The number of amides is 1. The molecule has 0 saturated heterocycles. The highest BCUT2D eigenvalue weighted by Gasteiger charge is 2.12. The van der Waals surface area contributed by atoms with E-state index in [1.807, 2.05) is 66.2 Å². The van der Waals surface area contributed by atoms with Crippen LogP contribution in [0, 0.1) is 6.92 Å². The zero-order chi connectivity index (χ0) is 19.2. The van der Waals surface area contributed by atoms with E-state index in [4.69, 9.17) is 9.47 Å². The molecular weight excluding hydrogens is 342 g/mol. The molecule has 0 fully saturated rings. The van der Waals surface area contributed by atoms with E-state index in [1.165, 1.54) is 0 Å². The van der Waals surface area contributed by atoms with Crippen LogP contribution in [0.15, 0.2) is 60.8 Å². The van der Waals surface area contributed by atoms with Gasteiger partial charge in [-0.3, -0.25) is 4.79 Å². The van der Waals surface area contributed by atoms with Crippen LogP contribution < -0.4 is 9.47 Å². The maximum Gasteiger partial charge on any atom is 0.253 e. The van der Waals surface area contributed by atoms with E-state index < -0.39 is 0 Å². The van der Waals surface area contributed by atoms with Crippen molar-refractivity contribution in [2.24, 2.45) is 0 Å². The van der Waals surface area contributed by atoms with Gasteiger partial charge in [-0.15, -0.1) is 0 Å². The van der Waals surface area contributed by atoms with Gasteiger partial charge in [-0.1, -0.05) is 0 Å². The molecule has 0 radical (unpaired) electrons. The van der Waals surface area contributed by atoms with Gasteiger partial charge in [-0.05, 0) is 61.5 Å². The second kappa shape index (κ2) is 8.40. The summed E-state index contributed by atoms with van der Waals surface area (Å²) in [5.41, 5.74) is 2.61. The molecule has 0 atom stereocenters. The second-order valence-electron chi connectivity index (χ2n) is 6.18. The Bertz CT molecular complexity index is 886. The topological polar surface area (TPSA) is 56.6 Å². The van der Waals surface area contributed by atoms with Crippen LogP contribution in [0.3, 0.4) is 0 Å². The van der Waals surface area contributed by atoms with E-state index in [0.29, 0.717) is 18.7 Å². The number of likely N-dealkylation sites (N-methyl/N-ethyl adjacent to an activating group) is 1. The Balaban J connectivity index is 1.54. The Labute approximate surface area is 158 Å². The molecule has 0 aliphatic heterocycles. The molecule has 140 valence electrons. The van der Waals surface area contributed by atoms with E-state index in [1.54, 1.807) is 25.3 Å². The molecule has 0 bridgehead atoms. The fraction of sp³-hybridized carbons (Fsp3) is 0.238. The van der Waals surface area contributed by atoms with E-state index in [0.717, 1.165) is 22.9 Å². The van der Waals surface area contributed by atoms with Gasteiger partial charge >= 0.3 is 0 Å². The zero-order valence-corrected chi connectivity index (χ0v) is 15.8. The third kappa shape index (κ3) is 4.47. The third-order valence-corrected chi connectivity index (χ3v) is 4.29. The average Bonchev–Trinajstić information content (AvgIpc) is 3.14. The zero-order valence-electron chi connectivity index (χ0n) is 15.8. The molecule has 0 spiro atoms. The van der Waals surface area contributed by atoms with Crippen LogP contribution in [0.4, 0.5) is 0 Å². The van der Waals surface area contributed by atoms with Gasteiger partial charge in [-0.2, -0.15) is 5.10 Å². The summed E-state index contributed by atoms with van der Waals surface area (Å²) >= 11 is 0. The maximum absolute atomic E-state index is 12.6. The molecule has 0 aliphatic carbocycles. The highest BCUT2D eigenvalue weighted by molar-refractivity contribution is 5.94. The lowest BCUT2D eigenvalue weighted by atomic mass is 10.2. The Hall–Kier alpha value is -3.28. The highest BCUT2D eigenvalue weighted by Crippen LogP contribution is 2.17. The number of nitrogens with zero attached hydrogens (tertiary/aromatic N) is 3. The Morgan fingerprint density at radius 3 is 2.30 bits per heavy atom. The van der Waals surface area contributed by atoms with E-state index in [9.17, 15) is 4.79 Å². The summed E-state index contributed by atoms with van der Waals surface area (Å²) in [6.07, 6.45) is 1.75. The summed E-state index contributed by atoms with van der Waals surface area (Å²) in [4.78, 5) is 14.2. The SMILES string of the molecule is COc1ccc(OCCN(C)C(=O)c2ccc(-n3nccc3C)cc2)cc1. The number of ether oxygens (including phenoxy) is 2.